The van der Waals surface area contributed by atoms with E-state index >= 15 is 0 Å². The number of rotatable bonds is 3. The molecular formula is C13H18FN3O. The van der Waals surface area contributed by atoms with Gasteiger partial charge >= 0.3 is 0 Å². The quantitative estimate of drug-likeness (QED) is 0.846. The Hall–Kier alpha value is -1.62. The van der Waals surface area contributed by atoms with Crippen LogP contribution in [0.25, 0.3) is 0 Å². The second-order valence-electron chi connectivity index (χ2n) is 4.61. The molecule has 2 rings (SSSR count). The molecular weight excluding hydrogens is 233 g/mol. The molecule has 5 heteroatoms. The molecule has 0 bridgehead atoms. The lowest BCUT2D eigenvalue weighted by atomic mass is 10.0. The minimum absolute atomic E-state index is 0.0226. The van der Waals surface area contributed by atoms with Crippen molar-refractivity contribution in [3.05, 3.63) is 29.6 Å². The van der Waals surface area contributed by atoms with Crippen LogP contribution in [0.3, 0.4) is 0 Å². The molecule has 1 aromatic carbocycles. The largest absolute Gasteiger partial charge is 0.370 e. The van der Waals surface area contributed by atoms with Crippen molar-refractivity contribution in [2.24, 2.45) is 5.73 Å². The summed E-state index contributed by atoms with van der Waals surface area (Å²) in [7, 11) is 1.87. The molecule has 1 amide bonds. The monoisotopic (exact) mass is 251 g/mol. The highest BCUT2D eigenvalue weighted by Crippen LogP contribution is 2.25. The van der Waals surface area contributed by atoms with Crippen molar-refractivity contribution in [1.82, 2.24) is 5.32 Å². The third kappa shape index (κ3) is 2.46. The molecule has 3 N–H and O–H groups in total. The molecule has 98 valence electrons. The highest BCUT2D eigenvalue weighted by molar-refractivity contribution is 5.99. The second kappa shape index (κ2) is 5.35. The van der Waals surface area contributed by atoms with Crippen molar-refractivity contribution in [1.29, 1.82) is 0 Å². The van der Waals surface area contributed by atoms with Crippen molar-refractivity contribution in [3.8, 4) is 0 Å². The maximum absolute atomic E-state index is 13.7. The second-order valence-corrected chi connectivity index (χ2v) is 4.61. The van der Waals surface area contributed by atoms with Crippen LogP contribution in [0.15, 0.2) is 18.2 Å². The summed E-state index contributed by atoms with van der Waals surface area (Å²) in [5.74, 6) is -1.28. The topological polar surface area (TPSA) is 58.4 Å². The first-order valence-corrected chi connectivity index (χ1v) is 6.13. The van der Waals surface area contributed by atoms with Gasteiger partial charge in [0.1, 0.15) is 5.82 Å². The number of hydrogen-bond donors (Lipinski definition) is 2. The fraction of sp³-hybridized carbons (Fsp3) is 0.462. The van der Waals surface area contributed by atoms with Gasteiger partial charge in [-0.1, -0.05) is 6.07 Å². The standard InChI is InChI=1S/C13H18FN3O/c1-17(9-4-3-7-16-8-9)11-6-2-5-10(14)12(11)13(15)18/h2,5-6,9,16H,3-4,7-8H2,1H3,(H2,15,18). The van der Waals surface area contributed by atoms with E-state index in [0.29, 0.717) is 5.69 Å². The van der Waals surface area contributed by atoms with E-state index in [-0.39, 0.29) is 11.6 Å². The van der Waals surface area contributed by atoms with Crippen LogP contribution in [0.4, 0.5) is 10.1 Å². The van der Waals surface area contributed by atoms with Crippen LogP contribution in [0.2, 0.25) is 0 Å². The predicted octanol–water partition coefficient (Wildman–Crippen LogP) is 1.11. The lowest BCUT2D eigenvalue weighted by Crippen LogP contribution is -2.44. The summed E-state index contributed by atoms with van der Waals surface area (Å²) in [6, 6.07) is 4.86. The zero-order chi connectivity index (χ0) is 13.1. The molecule has 0 spiro atoms. The number of carbonyl (C=O) groups is 1. The molecule has 0 aromatic heterocycles. The lowest BCUT2D eigenvalue weighted by molar-refractivity contribution is 0.0997. The molecule has 4 nitrogen and oxygen atoms in total. The Kier molecular flexibility index (Phi) is 3.81. The van der Waals surface area contributed by atoms with E-state index in [9.17, 15) is 9.18 Å². The van der Waals surface area contributed by atoms with Gasteiger partial charge in [0.25, 0.3) is 5.91 Å². The van der Waals surface area contributed by atoms with Crippen LogP contribution in [0.5, 0.6) is 0 Å². The van der Waals surface area contributed by atoms with E-state index < -0.39 is 11.7 Å². The number of nitrogens with two attached hydrogens (primary N) is 1. The number of piperidine rings is 1. The molecule has 1 fully saturated rings. The number of amides is 1. The van der Waals surface area contributed by atoms with E-state index in [1.54, 1.807) is 12.1 Å². The fourth-order valence-electron chi connectivity index (χ4n) is 2.41. The number of nitrogens with one attached hydrogen (secondary N) is 1. The van der Waals surface area contributed by atoms with Crippen LogP contribution in [-0.4, -0.2) is 32.1 Å². The normalized spacial score (nSPS) is 19.6. The van der Waals surface area contributed by atoms with E-state index in [1.807, 2.05) is 11.9 Å². The van der Waals surface area contributed by atoms with Crippen LogP contribution in [0.1, 0.15) is 23.2 Å². The molecule has 18 heavy (non-hydrogen) atoms. The van der Waals surface area contributed by atoms with Gasteiger partial charge in [-0.25, -0.2) is 4.39 Å². The van der Waals surface area contributed by atoms with Gasteiger partial charge in [-0.2, -0.15) is 0 Å². The van der Waals surface area contributed by atoms with E-state index in [1.165, 1.54) is 6.07 Å². The maximum Gasteiger partial charge on any atom is 0.253 e. The van der Waals surface area contributed by atoms with Crippen molar-refractivity contribution >= 4 is 11.6 Å². The Labute approximate surface area is 106 Å². The zero-order valence-electron chi connectivity index (χ0n) is 10.4. The molecule has 0 saturated carbocycles. The third-order valence-electron chi connectivity index (χ3n) is 3.44. The average Bonchev–Trinajstić information content (AvgIpc) is 2.38. The van der Waals surface area contributed by atoms with E-state index in [4.69, 9.17) is 5.73 Å². The molecule has 0 radical (unpaired) electrons. The molecule has 1 unspecified atom stereocenters. The van der Waals surface area contributed by atoms with Crippen molar-refractivity contribution < 1.29 is 9.18 Å². The first-order valence-electron chi connectivity index (χ1n) is 6.13. The summed E-state index contributed by atoms with van der Waals surface area (Å²) in [6.45, 7) is 1.85. The van der Waals surface area contributed by atoms with Crippen LogP contribution in [0, 0.1) is 5.82 Å². The Morgan fingerprint density at radius 2 is 2.33 bits per heavy atom. The summed E-state index contributed by atoms with van der Waals surface area (Å²) in [5, 5.41) is 3.30. The average molecular weight is 251 g/mol. The maximum atomic E-state index is 13.7. The summed E-state index contributed by atoms with van der Waals surface area (Å²) in [6.07, 6.45) is 2.11. The van der Waals surface area contributed by atoms with Gasteiger partial charge in [0, 0.05) is 19.6 Å². The van der Waals surface area contributed by atoms with Gasteiger partial charge in [0.05, 0.1) is 11.3 Å². The lowest BCUT2D eigenvalue weighted by Gasteiger charge is -2.34. The minimum Gasteiger partial charge on any atom is -0.370 e. The van der Waals surface area contributed by atoms with Gasteiger partial charge < -0.3 is 16.0 Å². The molecule has 1 aliphatic rings. The van der Waals surface area contributed by atoms with E-state index in [2.05, 4.69) is 5.32 Å². The smallest absolute Gasteiger partial charge is 0.253 e. The van der Waals surface area contributed by atoms with Gasteiger partial charge in [0.15, 0.2) is 0 Å². The predicted molar refractivity (Wildman–Crippen MR) is 69.2 cm³/mol. The Morgan fingerprint density at radius 1 is 1.56 bits per heavy atom. The van der Waals surface area contributed by atoms with E-state index in [0.717, 1.165) is 25.9 Å². The molecule has 1 aliphatic heterocycles. The van der Waals surface area contributed by atoms with Gasteiger partial charge in [-0.3, -0.25) is 4.79 Å². The molecule has 1 heterocycles. The summed E-state index contributed by atoms with van der Waals surface area (Å²) < 4.78 is 13.7. The molecule has 1 atom stereocenters. The SMILES string of the molecule is CN(c1cccc(F)c1C(N)=O)C1CCCNC1. The number of primary amides is 1. The summed E-state index contributed by atoms with van der Waals surface area (Å²) >= 11 is 0. The Bertz CT molecular complexity index is 444. The van der Waals surface area contributed by atoms with Crippen LogP contribution in [-0.2, 0) is 0 Å². The first kappa shape index (κ1) is 12.8. The summed E-state index contributed by atoms with van der Waals surface area (Å²) in [4.78, 5) is 13.3. The van der Waals surface area contributed by atoms with Crippen LogP contribution < -0.4 is 16.0 Å². The number of halogens is 1. The number of benzene rings is 1. The number of carbonyl (C=O) groups excluding carboxylic acids is 1. The van der Waals surface area contributed by atoms with Crippen molar-refractivity contribution in [2.45, 2.75) is 18.9 Å². The zero-order valence-corrected chi connectivity index (χ0v) is 10.4. The van der Waals surface area contributed by atoms with Crippen molar-refractivity contribution in [3.63, 3.8) is 0 Å². The number of anilines is 1. The molecule has 1 aromatic rings. The number of likely N-dealkylation sites (N-methyl/N-ethyl adjacent to an activating group) is 1. The number of hydrogen-bond acceptors (Lipinski definition) is 3. The minimum atomic E-state index is -0.723. The van der Waals surface area contributed by atoms with Crippen LogP contribution >= 0.6 is 0 Å². The fourth-order valence-corrected chi connectivity index (χ4v) is 2.41. The summed E-state index contributed by atoms with van der Waals surface area (Å²) in [5.41, 5.74) is 5.80. The highest BCUT2D eigenvalue weighted by Gasteiger charge is 2.23. The Morgan fingerprint density at radius 3 is 2.94 bits per heavy atom. The molecule has 0 aliphatic carbocycles. The molecule has 1 saturated heterocycles. The van der Waals surface area contributed by atoms with Gasteiger partial charge in [0.2, 0.25) is 0 Å². The van der Waals surface area contributed by atoms with Crippen molar-refractivity contribution in [2.75, 3.05) is 25.0 Å². The highest BCUT2D eigenvalue weighted by atomic mass is 19.1. The number of nitrogens with zero attached hydrogens (tertiary/aromatic N) is 1. The Balaban J connectivity index is 2.31. The van der Waals surface area contributed by atoms with Gasteiger partial charge in [-0.15, -0.1) is 0 Å². The first-order chi connectivity index (χ1) is 8.61. The van der Waals surface area contributed by atoms with Gasteiger partial charge in [-0.05, 0) is 31.5 Å². The third-order valence-corrected chi connectivity index (χ3v) is 3.44.